The summed E-state index contributed by atoms with van der Waals surface area (Å²) in [6.07, 6.45) is 0.677. The Bertz CT molecular complexity index is 2020. The Kier molecular flexibility index (Phi) is 11.6. The van der Waals surface area contributed by atoms with Crippen molar-refractivity contribution in [3.8, 4) is 0 Å². The van der Waals surface area contributed by atoms with E-state index in [0.717, 1.165) is 0 Å². The van der Waals surface area contributed by atoms with Gasteiger partial charge in [-0.1, -0.05) is 182 Å². The van der Waals surface area contributed by atoms with Crippen molar-refractivity contribution in [1.82, 2.24) is 0 Å². The third-order valence-corrected chi connectivity index (χ3v) is 16.3. The minimum atomic E-state index is -1.13. The van der Waals surface area contributed by atoms with Gasteiger partial charge in [0.1, 0.15) is 0 Å². The Morgan fingerprint density at radius 2 is 0.679 bits per heavy atom. The van der Waals surface area contributed by atoms with Crippen LogP contribution in [-0.2, 0) is 18.9 Å². The molecule has 6 aromatic carbocycles. The summed E-state index contributed by atoms with van der Waals surface area (Å²) in [4.78, 5) is 0. The van der Waals surface area contributed by atoms with Gasteiger partial charge in [-0.3, -0.25) is 0 Å². The number of hydrogen-bond donors (Lipinski definition) is 0. The fourth-order valence-electron chi connectivity index (χ4n) is 8.08. The predicted octanol–water partition coefficient (Wildman–Crippen LogP) is 10.4. The minimum absolute atomic E-state index is 0.291. The topological polar surface area (TPSA) is 36.9 Å². The van der Waals surface area contributed by atoms with Gasteiger partial charge in [0.05, 0.1) is 12.2 Å². The maximum atomic E-state index is 7.09. The van der Waals surface area contributed by atoms with Gasteiger partial charge in [0.15, 0.2) is 0 Å². The van der Waals surface area contributed by atoms with Crippen LogP contribution in [0.1, 0.15) is 37.8 Å². The molecule has 1 saturated heterocycles. The van der Waals surface area contributed by atoms with Crippen LogP contribution in [-0.4, -0.2) is 38.0 Å². The molecule has 0 bridgehead atoms. The van der Waals surface area contributed by atoms with E-state index in [1.807, 2.05) is 13.8 Å². The molecule has 0 spiro atoms. The van der Waals surface area contributed by atoms with Crippen LogP contribution in [0.25, 0.3) is 10.6 Å². The number of methoxy groups -OCH3 is 2. The summed E-state index contributed by atoms with van der Waals surface area (Å²) >= 11 is 0. The van der Waals surface area contributed by atoms with E-state index in [4.69, 9.17) is 18.9 Å². The van der Waals surface area contributed by atoms with E-state index < -0.39 is 27.4 Å². The Hall–Kier alpha value is -4.50. The number of fused-ring (bicyclic) bond motifs is 1. The lowest BCUT2D eigenvalue weighted by Gasteiger charge is -2.54. The van der Waals surface area contributed by atoms with Gasteiger partial charge in [-0.05, 0) is 83.8 Å². The van der Waals surface area contributed by atoms with Crippen LogP contribution in [0.2, 0.25) is 0 Å². The molecule has 2 aliphatic rings. The highest BCUT2D eigenvalue weighted by atomic mass is 31.1. The summed E-state index contributed by atoms with van der Waals surface area (Å²) in [5.74, 6) is -2.26. The van der Waals surface area contributed by atoms with E-state index in [9.17, 15) is 0 Å². The molecule has 1 aliphatic carbocycles. The molecule has 8 rings (SSSR count). The van der Waals surface area contributed by atoms with Crippen molar-refractivity contribution >= 4 is 47.7 Å². The van der Waals surface area contributed by atoms with E-state index in [1.165, 1.54) is 54.1 Å². The molecule has 0 N–H and O–H groups in total. The van der Waals surface area contributed by atoms with E-state index in [2.05, 4.69) is 182 Å². The molecule has 0 radical (unpaired) electrons. The number of rotatable bonds is 10. The van der Waals surface area contributed by atoms with Crippen molar-refractivity contribution in [2.75, 3.05) is 14.2 Å². The fraction of sp³-hybridized carbons (Fsp3) is 0.200. The van der Waals surface area contributed by atoms with Crippen molar-refractivity contribution < 1.29 is 18.9 Å². The van der Waals surface area contributed by atoms with Crippen molar-refractivity contribution in [3.63, 3.8) is 0 Å². The quantitative estimate of drug-likeness (QED) is 0.130. The zero-order valence-electron chi connectivity index (χ0n) is 32.4. The van der Waals surface area contributed by atoms with E-state index in [-0.39, 0.29) is 12.2 Å². The summed E-state index contributed by atoms with van der Waals surface area (Å²) in [5.41, 5.74) is 5.03. The first kappa shape index (κ1) is 38.4. The van der Waals surface area contributed by atoms with Crippen LogP contribution in [0.4, 0.5) is 0 Å². The molecule has 56 heavy (non-hydrogen) atoms. The summed E-state index contributed by atoms with van der Waals surface area (Å²) < 4.78 is 26.4. The Morgan fingerprint density at radius 3 is 0.929 bits per heavy atom. The second-order valence-corrected chi connectivity index (χ2v) is 18.7. The van der Waals surface area contributed by atoms with Crippen molar-refractivity contribution in [1.29, 1.82) is 0 Å². The highest BCUT2D eigenvalue weighted by molar-refractivity contribution is 7.83. The minimum Gasteiger partial charge on any atom is -0.349 e. The van der Waals surface area contributed by atoms with Crippen LogP contribution >= 0.6 is 15.8 Å². The van der Waals surface area contributed by atoms with Gasteiger partial charge in [0, 0.05) is 27.1 Å². The maximum absolute atomic E-state index is 7.09. The lowest BCUT2D eigenvalue weighted by Crippen LogP contribution is -2.65. The van der Waals surface area contributed by atoms with Gasteiger partial charge >= 0.3 is 0 Å². The summed E-state index contributed by atoms with van der Waals surface area (Å²) in [6.45, 7) is 3.86. The molecule has 1 aliphatic heterocycles. The summed E-state index contributed by atoms with van der Waals surface area (Å²) in [5, 5.41) is 7.85. The van der Waals surface area contributed by atoms with Gasteiger partial charge < -0.3 is 18.9 Å². The van der Waals surface area contributed by atoms with Crippen LogP contribution in [0.15, 0.2) is 193 Å². The molecule has 1 saturated carbocycles. The van der Waals surface area contributed by atoms with Gasteiger partial charge in [-0.25, -0.2) is 0 Å². The molecule has 0 aromatic heterocycles. The third-order valence-electron chi connectivity index (χ3n) is 11.1. The molecule has 6 heteroatoms. The standard InChI is InChI=1S/C50H48O4P2/c1-49(51-3)50(2,52-4)54-46-36-44(48(38-25-13-6-14-26-38)56(41-31-19-9-20-32-41)42-33-21-10-22-34-42)43(35-45(46)53-49)47(37-23-11-5-12-24-37)55(39-27-15-7-16-28-39)40-29-17-8-18-30-40/h5-34,45-46H,35-36H2,1-4H3/t45?,46?,49-,50-/m0/s1. The average molecular weight is 775 g/mol. The Morgan fingerprint density at radius 1 is 0.429 bits per heavy atom. The molecule has 4 atom stereocenters. The first-order chi connectivity index (χ1) is 27.4. The molecular formula is C50H48O4P2. The lowest BCUT2D eigenvalue weighted by molar-refractivity contribution is -0.448. The molecule has 1 heterocycles. The molecule has 6 aromatic rings. The Balaban J connectivity index is 1.51. The fourth-order valence-corrected chi connectivity index (χ4v) is 13.4. The first-order valence-electron chi connectivity index (χ1n) is 19.3. The number of ether oxygens (including phenoxy) is 4. The zero-order valence-corrected chi connectivity index (χ0v) is 34.2. The largest absolute Gasteiger partial charge is 0.349 e. The highest BCUT2D eigenvalue weighted by Crippen LogP contribution is 2.60. The second kappa shape index (κ2) is 16.9. The molecule has 2 unspecified atom stereocenters. The van der Waals surface area contributed by atoms with E-state index in [1.54, 1.807) is 14.2 Å². The summed E-state index contributed by atoms with van der Waals surface area (Å²) in [6, 6.07) is 66.2. The second-order valence-electron chi connectivity index (χ2n) is 14.4. The van der Waals surface area contributed by atoms with Gasteiger partial charge in [-0.2, -0.15) is 0 Å². The Labute approximate surface area is 334 Å². The highest BCUT2D eigenvalue weighted by Gasteiger charge is 2.58. The van der Waals surface area contributed by atoms with Crippen LogP contribution in [0.3, 0.4) is 0 Å². The van der Waals surface area contributed by atoms with Gasteiger partial charge in [0.2, 0.25) is 11.6 Å². The molecule has 0 amide bonds. The van der Waals surface area contributed by atoms with Crippen molar-refractivity contribution in [2.24, 2.45) is 0 Å². The molecule has 2 fully saturated rings. The third kappa shape index (κ3) is 7.51. The molecule has 4 nitrogen and oxygen atoms in total. The predicted molar refractivity (Wildman–Crippen MR) is 235 cm³/mol. The number of hydrogen-bond acceptors (Lipinski definition) is 4. The molecular weight excluding hydrogens is 726 g/mol. The normalized spacial score (nSPS) is 24.1. The summed E-state index contributed by atoms with van der Waals surface area (Å²) in [7, 11) is 1.27. The lowest BCUT2D eigenvalue weighted by atomic mass is 9.81. The zero-order chi connectivity index (χ0) is 38.5. The van der Waals surface area contributed by atoms with Crippen molar-refractivity contribution in [2.45, 2.75) is 50.5 Å². The van der Waals surface area contributed by atoms with Gasteiger partial charge in [0.25, 0.3) is 0 Å². The van der Waals surface area contributed by atoms with Gasteiger partial charge in [-0.15, -0.1) is 0 Å². The van der Waals surface area contributed by atoms with E-state index >= 15 is 0 Å². The van der Waals surface area contributed by atoms with Crippen LogP contribution < -0.4 is 21.2 Å². The monoisotopic (exact) mass is 774 g/mol. The maximum Gasteiger partial charge on any atom is 0.220 e. The SMILES string of the molecule is CO[C@@]1(C)OC2CC(=C(c3ccccc3)P(c3ccccc3)c3ccccc3)C(=C(c3ccccc3)P(c3ccccc3)c3ccccc3)CC2O[C@]1(C)OC. The van der Waals surface area contributed by atoms with E-state index in [0.29, 0.717) is 12.8 Å². The first-order valence-corrected chi connectivity index (χ1v) is 22.0. The average Bonchev–Trinajstić information content (AvgIpc) is 3.26. The van der Waals surface area contributed by atoms with Crippen molar-refractivity contribution in [3.05, 3.63) is 204 Å². The van der Waals surface area contributed by atoms with Crippen LogP contribution in [0, 0.1) is 0 Å². The van der Waals surface area contributed by atoms with Crippen LogP contribution in [0.5, 0.6) is 0 Å². The molecule has 282 valence electrons. The number of benzene rings is 6. The smallest absolute Gasteiger partial charge is 0.220 e.